The minimum absolute atomic E-state index is 0.639. The molecule has 0 saturated carbocycles. The summed E-state index contributed by atoms with van der Waals surface area (Å²) in [5, 5.41) is 4.15. The molecule has 0 radical (unpaired) electrons. The van der Waals surface area contributed by atoms with Gasteiger partial charge < -0.3 is 14.3 Å². The monoisotopic (exact) mass is 362 g/mol. The van der Waals surface area contributed by atoms with Crippen LogP contribution in [0.25, 0.3) is 11.4 Å². The molecular formula is C22H26N4O. The van der Waals surface area contributed by atoms with Gasteiger partial charge in [-0.15, -0.1) is 0 Å². The SMILES string of the molecule is c1ccc(CCCN2CCCN(c3nc(-c4ccccc4)no3)CC2)cc1. The smallest absolute Gasteiger partial charge is 0.323 e. The van der Waals surface area contributed by atoms with Gasteiger partial charge in [-0.25, -0.2) is 0 Å². The van der Waals surface area contributed by atoms with Crippen LogP contribution in [0.5, 0.6) is 0 Å². The van der Waals surface area contributed by atoms with Gasteiger partial charge in [0, 0.05) is 25.2 Å². The number of benzene rings is 2. The Morgan fingerprint density at radius 3 is 2.44 bits per heavy atom. The highest BCUT2D eigenvalue weighted by atomic mass is 16.5. The molecule has 1 aromatic heterocycles. The van der Waals surface area contributed by atoms with Crippen molar-refractivity contribution in [1.29, 1.82) is 0 Å². The van der Waals surface area contributed by atoms with Gasteiger partial charge in [-0.2, -0.15) is 4.98 Å². The first kappa shape index (κ1) is 17.7. The van der Waals surface area contributed by atoms with E-state index in [0.717, 1.165) is 51.1 Å². The number of rotatable bonds is 6. The van der Waals surface area contributed by atoms with Gasteiger partial charge >= 0.3 is 6.01 Å². The Morgan fingerprint density at radius 1 is 0.852 bits per heavy atom. The Morgan fingerprint density at radius 2 is 1.63 bits per heavy atom. The largest absolute Gasteiger partial charge is 0.324 e. The molecule has 0 N–H and O–H groups in total. The number of nitrogens with zero attached hydrogens (tertiary/aromatic N) is 4. The zero-order valence-corrected chi connectivity index (χ0v) is 15.6. The molecule has 27 heavy (non-hydrogen) atoms. The summed E-state index contributed by atoms with van der Waals surface area (Å²) in [6, 6.07) is 21.4. The second-order valence-corrected chi connectivity index (χ2v) is 7.04. The van der Waals surface area contributed by atoms with Crippen molar-refractivity contribution in [2.75, 3.05) is 37.6 Å². The third-order valence-corrected chi connectivity index (χ3v) is 5.09. The Hall–Kier alpha value is -2.66. The summed E-state index contributed by atoms with van der Waals surface area (Å²) in [7, 11) is 0. The van der Waals surface area contributed by atoms with Crippen LogP contribution in [0.1, 0.15) is 18.4 Å². The first-order valence-corrected chi connectivity index (χ1v) is 9.79. The van der Waals surface area contributed by atoms with Crippen LogP contribution in [0.4, 0.5) is 6.01 Å². The average molecular weight is 362 g/mol. The highest BCUT2D eigenvalue weighted by Crippen LogP contribution is 2.20. The average Bonchev–Trinajstić information content (AvgIpc) is 3.10. The van der Waals surface area contributed by atoms with E-state index in [2.05, 4.69) is 50.3 Å². The summed E-state index contributed by atoms with van der Waals surface area (Å²) in [5.41, 5.74) is 2.41. The minimum Gasteiger partial charge on any atom is -0.323 e. The van der Waals surface area contributed by atoms with Crippen molar-refractivity contribution in [1.82, 2.24) is 15.0 Å². The van der Waals surface area contributed by atoms with Gasteiger partial charge in [0.2, 0.25) is 5.82 Å². The normalized spacial score (nSPS) is 15.6. The molecule has 0 bridgehead atoms. The molecule has 0 spiro atoms. The van der Waals surface area contributed by atoms with Crippen molar-refractivity contribution in [3.8, 4) is 11.4 Å². The van der Waals surface area contributed by atoms with Crippen LogP contribution < -0.4 is 4.90 Å². The number of aromatic nitrogens is 2. The minimum atomic E-state index is 0.639. The third kappa shape index (κ3) is 4.74. The Bertz CT molecular complexity index is 819. The zero-order valence-electron chi connectivity index (χ0n) is 15.6. The molecule has 3 aromatic rings. The lowest BCUT2D eigenvalue weighted by Gasteiger charge is -2.20. The van der Waals surface area contributed by atoms with Crippen molar-refractivity contribution >= 4 is 6.01 Å². The van der Waals surface area contributed by atoms with Crippen LogP contribution in [-0.2, 0) is 6.42 Å². The molecule has 0 amide bonds. The van der Waals surface area contributed by atoms with Crippen LogP contribution in [0.15, 0.2) is 65.2 Å². The van der Waals surface area contributed by atoms with Crippen molar-refractivity contribution in [3.63, 3.8) is 0 Å². The van der Waals surface area contributed by atoms with Crippen LogP contribution in [-0.4, -0.2) is 47.8 Å². The molecule has 4 rings (SSSR count). The standard InChI is InChI=1S/C22H26N4O/c1-3-9-19(10-4-1)11-7-14-25-15-8-16-26(18-17-25)22-23-21(24-27-22)20-12-5-2-6-13-20/h1-6,9-10,12-13H,7-8,11,14-18H2. The Kier molecular flexibility index (Phi) is 5.80. The van der Waals surface area contributed by atoms with Gasteiger partial charge in [-0.3, -0.25) is 0 Å². The van der Waals surface area contributed by atoms with Gasteiger partial charge in [0.25, 0.3) is 0 Å². The van der Waals surface area contributed by atoms with Gasteiger partial charge in [0.05, 0.1) is 0 Å². The molecule has 140 valence electrons. The van der Waals surface area contributed by atoms with Crippen molar-refractivity contribution < 1.29 is 4.52 Å². The van der Waals surface area contributed by atoms with E-state index in [1.165, 1.54) is 12.0 Å². The van der Waals surface area contributed by atoms with Crippen molar-refractivity contribution in [2.24, 2.45) is 0 Å². The lowest BCUT2D eigenvalue weighted by atomic mass is 10.1. The summed E-state index contributed by atoms with van der Waals surface area (Å²) in [6.45, 7) is 5.21. The zero-order chi connectivity index (χ0) is 18.3. The maximum absolute atomic E-state index is 5.53. The lowest BCUT2D eigenvalue weighted by molar-refractivity contribution is 0.289. The van der Waals surface area contributed by atoms with Crippen LogP contribution in [0, 0.1) is 0 Å². The van der Waals surface area contributed by atoms with E-state index in [4.69, 9.17) is 4.52 Å². The summed E-state index contributed by atoms with van der Waals surface area (Å²) >= 11 is 0. The van der Waals surface area contributed by atoms with Crippen LogP contribution >= 0.6 is 0 Å². The van der Waals surface area contributed by atoms with Crippen LogP contribution in [0.2, 0.25) is 0 Å². The molecule has 1 fully saturated rings. The number of hydrogen-bond donors (Lipinski definition) is 0. The van der Waals surface area contributed by atoms with Gasteiger partial charge in [-0.1, -0.05) is 65.8 Å². The molecule has 0 aliphatic carbocycles. The molecule has 2 aromatic carbocycles. The lowest BCUT2D eigenvalue weighted by Crippen LogP contribution is -2.31. The maximum Gasteiger partial charge on any atom is 0.324 e. The highest BCUT2D eigenvalue weighted by molar-refractivity contribution is 5.55. The molecule has 2 heterocycles. The summed E-state index contributed by atoms with van der Waals surface area (Å²) < 4.78 is 5.53. The van der Waals surface area contributed by atoms with E-state index < -0.39 is 0 Å². The summed E-state index contributed by atoms with van der Waals surface area (Å²) in [5.74, 6) is 0.662. The second-order valence-electron chi connectivity index (χ2n) is 7.04. The number of hydrogen-bond acceptors (Lipinski definition) is 5. The van der Waals surface area contributed by atoms with E-state index >= 15 is 0 Å². The first-order valence-electron chi connectivity index (χ1n) is 9.79. The maximum atomic E-state index is 5.53. The highest BCUT2D eigenvalue weighted by Gasteiger charge is 2.19. The predicted molar refractivity (Wildman–Crippen MR) is 108 cm³/mol. The van der Waals surface area contributed by atoms with Crippen molar-refractivity contribution in [3.05, 3.63) is 66.2 Å². The fourth-order valence-corrected chi connectivity index (χ4v) is 3.59. The quantitative estimate of drug-likeness (QED) is 0.666. The van der Waals surface area contributed by atoms with E-state index in [1.807, 2.05) is 30.3 Å². The molecule has 1 saturated heterocycles. The number of aryl methyl sites for hydroxylation is 1. The van der Waals surface area contributed by atoms with Gasteiger partial charge in [0.15, 0.2) is 0 Å². The van der Waals surface area contributed by atoms with E-state index in [9.17, 15) is 0 Å². The fourth-order valence-electron chi connectivity index (χ4n) is 3.59. The molecule has 1 aliphatic rings. The molecule has 5 nitrogen and oxygen atoms in total. The topological polar surface area (TPSA) is 45.4 Å². The fraction of sp³-hybridized carbons (Fsp3) is 0.364. The third-order valence-electron chi connectivity index (χ3n) is 5.09. The van der Waals surface area contributed by atoms with Gasteiger partial charge in [-0.05, 0) is 37.9 Å². The van der Waals surface area contributed by atoms with E-state index in [-0.39, 0.29) is 0 Å². The summed E-state index contributed by atoms with van der Waals surface area (Å²) in [6.07, 6.45) is 3.46. The van der Waals surface area contributed by atoms with E-state index in [0.29, 0.717) is 11.8 Å². The Labute approximate surface area is 160 Å². The number of anilines is 1. The summed E-state index contributed by atoms with van der Waals surface area (Å²) in [4.78, 5) is 9.37. The van der Waals surface area contributed by atoms with Gasteiger partial charge in [0.1, 0.15) is 0 Å². The molecule has 1 aliphatic heterocycles. The Balaban J connectivity index is 1.29. The molecule has 0 atom stereocenters. The second kappa shape index (κ2) is 8.82. The molecule has 5 heteroatoms. The first-order chi connectivity index (χ1) is 13.4. The van der Waals surface area contributed by atoms with Crippen LogP contribution in [0.3, 0.4) is 0 Å². The van der Waals surface area contributed by atoms with E-state index in [1.54, 1.807) is 0 Å². The molecule has 0 unspecified atom stereocenters. The van der Waals surface area contributed by atoms with Crippen molar-refractivity contribution in [2.45, 2.75) is 19.3 Å². The predicted octanol–water partition coefficient (Wildman–Crippen LogP) is 3.88. The molecular weight excluding hydrogens is 336 g/mol.